The smallest absolute Gasteiger partial charge is 0.317 e. The van der Waals surface area contributed by atoms with Gasteiger partial charge in [0.05, 0.1) is 6.04 Å². The van der Waals surface area contributed by atoms with Crippen LogP contribution in [0.2, 0.25) is 0 Å². The number of amides is 2. The van der Waals surface area contributed by atoms with E-state index in [1.807, 2.05) is 18.7 Å². The van der Waals surface area contributed by atoms with Crippen molar-refractivity contribution >= 4 is 6.03 Å². The second-order valence-electron chi connectivity index (χ2n) is 7.86. The molecule has 1 N–H and O–H groups in total. The number of halogens is 2. The molecule has 4 fully saturated rings. The van der Waals surface area contributed by atoms with Gasteiger partial charge < -0.3 is 10.2 Å². The lowest BCUT2D eigenvalue weighted by Crippen LogP contribution is -2.61. The first-order valence-corrected chi connectivity index (χ1v) is 9.22. The van der Waals surface area contributed by atoms with Crippen LogP contribution < -0.4 is 5.32 Å². The average Bonchev–Trinajstić information content (AvgIpc) is 3.00. The van der Waals surface area contributed by atoms with Crippen LogP contribution in [0.3, 0.4) is 0 Å². The van der Waals surface area contributed by atoms with Crippen LogP contribution in [0.25, 0.3) is 0 Å². The first-order valence-electron chi connectivity index (χ1n) is 9.22. The highest BCUT2D eigenvalue weighted by Crippen LogP contribution is 2.47. The Kier molecular flexibility index (Phi) is 4.18. The van der Waals surface area contributed by atoms with Crippen LogP contribution in [-0.2, 0) is 0 Å². The Labute approximate surface area is 147 Å². The van der Waals surface area contributed by atoms with Gasteiger partial charge in [-0.3, -0.25) is 4.90 Å². The van der Waals surface area contributed by atoms with E-state index in [1.165, 1.54) is 0 Å². The Morgan fingerprint density at radius 2 is 1.92 bits per heavy atom. The molecule has 5 rings (SSSR count). The van der Waals surface area contributed by atoms with Crippen molar-refractivity contribution in [3.63, 3.8) is 0 Å². The Balaban J connectivity index is 1.71. The molecule has 4 nitrogen and oxygen atoms in total. The van der Waals surface area contributed by atoms with E-state index in [0.717, 1.165) is 32.0 Å². The van der Waals surface area contributed by atoms with Gasteiger partial charge in [-0.25, -0.2) is 13.6 Å². The van der Waals surface area contributed by atoms with E-state index in [4.69, 9.17) is 0 Å². The molecule has 4 aliphatic heterocycles. The van der Waals surface area contributed by atoms with E-state index in [2.05, 4.69) is 10.2 Å². The molecule has 4 heterocycles. The fraction of sp³-hybridized carbons (Fsp3) is 0.632. The molecule has 0 aromatic heterocycles. The second-order valence-corrected chi connectivity index (χ2v) is 7.86. The number of carbonyl (C=O) groups excluding carboxylic acids is 1. The third kappa shape index (κ3) is 2.71. The number of nitrogens with one attached hydrogen (secondary N) is 1. The lowest BCUT2D eigenvalue weighted by molar-refractivity contribution is 0.00312. The van der Waals surface area contributed by atoms with Crippen LogP contribution in [0.4, 0.5) is 13.6 Å². The molecule has 3 atom stereocenters. The minimum Gasteiger partial charge on any atom is -0.336 e. The van der Waals surface area contributed by atoms with Crippen molar-refractivity contribution in [3.05, 3.63) is 35.4 Å². The maximum Gasteiger partial charge on any atom is 0.317 e. The zero-order valence-electron chi connectivity index (χ0n) is 14.7. The van der Waals surface area contributed by atoms with E-state index in [-0.39, 0.29) is 30.1 Å². The Morgan fingerprint density at radius 1 is 1.20 bits per heavy atom. The Morgan fingerprint density at radius 3 is 2.60 bits per heavy atom. The highest BCUT2D eigenvalue weighted by Gasteiger charge is 2.55. The van der Waals surface area contributed by atoms with Crippen LogP contribution in [0.15, 0.2) is 18.2 Å². The van der Waals surface area contributed by atoms with Gasteiger partial charge in [0.2, 0.25) is 0 Å². The highest BCUT2D eigenvalue weighted by atomic mass is 19.2. The van der Waals surface area contributed by atoms with Gasteiger partial charge in [0, 0.05) is 24.5 Å². The zero-order chi connectivity index (χ0) is 17.7. The van der Waals surface area contributed by atoms with E-state index in [9.17, 15) is 13.6 Å². The van der Waals surface area contributed by atoms with Gasteiger partial charge in [-0.05, 0) is 57.3 Å². The highest BCUT2D eigenvalue weighted by molar-refractivity contribution is 5.75. The molecule has 1 aromatic rings. The van der Waals surface area contributed by atoms with Crippen molar-refractivity contribution in [2.75, 3.05) is 19.6 Å². The fourth-order valence-corrected chi connectivity index (χ4v) is 5.06. The summed E-state index contributed by atoms with van der Waals surface area (Å²) in [6.07, 6.45) is 2.15. The van der Waals surface area contributed by atoms with Gasteiger partial charge in [-0.1, -0.05) is 12.1 Å². The molecule has 25 heavy (non-hydrogen) atoms. The summed E-state index contributed by atoms with van der Waals surface area (Å²) in [5, 5.41) is 2.98. The van der Waals surface area contributed by atoms with Crippen molar-refractivity contribution in [1.29, 1.82) is 0 Å². The van der Waals surface area contributed by atoms with Crippen LogP contribution in [0, 0.1) is 17.6 Å². The second kappa shape index (κ2) is 6.24. The lowest BCUT2D eigenvalue weighted by Gasteiger charge is -2.51. The van der Waals surface area contributed by atoms with E-state index >= 15 is 0 Å². The lowest BCUT2D eigenvalue weighted by atomic mass is 9.75. The number of benzene rings is 1. The predicted octanol–water partition coefficient (Wildman–Crippen LogP) is 2.94. The molecule has 0 unspecified atom stereocenters. The van der Waals surface area contributed by atoms with E-state index < -0.39 is 11.6 Å². The number of piperidine rings is 3. The predicted molar refractivity (Wildman–Crippen MR) is 91.3 cm³/mol. The first-order chi connectivity index (χ1) is 12.0. The summed E-state index contributed by atoms with van der Waals surface area (Å²) in [5.41, 5.74) is 0.405. The summed E-state index contributed by atoms with van der Waals surface area (Å²) in [6.45, 7) is 6.29. The molecule has 6 heteroatoms. The number of fused-ring (bicyclic) bond motifs is 2. The van der Waals surface area contributed by atoms with Gasteiger partial charge in [-0.2, -0.15) is 0 Å². The minimum atomic E-state index is -0.810. The molecule has 4 saturated heterocycles. The number of nitrogens with zero attached hydrogens (tertiary/aromatic N) is 2. The molecule has 2 amide bonds. The third-order valence-electron chi connectivity index (χ3n) is 6.05. The number of hydrogen-bond donors (Lipinski definition) is 1. The van der Waals surface area contributed by atoms with Crippen molar-refractivity contribution < 1.29 is 13.6 Å². The molecule has 0 radical (unpaired) electrons. The molecular formula is C19H25F2N3O. The van der Waals surface area contributed by atoms with Crippen molar-refractivity contribution in [3.8, 4) is 0 Å². The molecule has 2 bridgehead atoms. The molecular weight excluding hydrogens is 324 g/mol. The van der Waals surface area contributed by atoms with Gasteiger partial charge in [0.1, 0.15) is 0 Å². The Hall–Kier alpha value is -1.69. The Bertz CT molecular complexity index is 673. The maximum atomic E-state index is 14.5. The van der Waals surface area contributed by atoms with Crippen LogP contribution >= 0.6 is 0 Å². The summed E-state index contributed by atoms with van der Waals surface area (Å²) < 4.78 is 28.3. The third-order valence-corrected chi connectivity index (χ3v) is 6.05. The molecule has 0 saturated carbocycles. The maximum absolute atomic E-state index is 14.5. The van der Waals surface area contributed by atoms with Crippen molar-refractivity contribution in [2.24, 2.45) is 5.92 Å². The summed E-state index contributed by atoms with van der Waals surface area (Å²) in [4.78, 5) is 17.0. The molecule has 0 aliphatic carbocycles. The standard InChI is InChI=1S/C19H25F2N3O/c1-11(2)22-19(25)24-10-14(13-4-3-5-15(20)16(13)21)18-17(24)12-6-8-23(18)9-7-12/h3-5,11-12,14,17-18H,6-10H2,1-2H3,(H,22,25)/t14-,17+,18+/m0/s1. The largest absolute Gasteiger partial charge is 0.336 e. The topological polar surface area (TPSA) is 35.6 Å². The average molecular weight is 349 g/mol. The summed E-state index contributed by atoms with van der Waals surface area (Å²) >= 11 is 0. The van der Waals surface area contributed by atoms with Gasteiger partial charge >= 0.3 is 6.03 Å². The van der Waals surface area contributed by atoms with Gasteiger partial charge in [0.25, 0.3) is 0 Å². The number of hydrogen-bond acceptors (Lipinski definition) is 2. The monoisotopic (exact) mass is 349 g/mol. The van der Waals surface area contributed by atoms with Crippen LogP contribution in [0.5, 0.6) is 0 Å². The molecule has 136 valence electrons. The summed E-state index contributed by atoms with van der Waals surface area (Å²) in [6, 6.07) is 4.54. The van der Waals surface area contributed by atoms with E-state index in [1.54, 1.807) is 12.1 Å². The normalized spacial score (nSPS) is 33.6. The fourth-order valence-electron chi connectivity index (χ4n) is 5.06. The first kappa shape index (κ1) is 16.8. The molecule has 1 aromatic carbocycles. The van der Waals surface area contributed by atoms with Gasteiger partial charge in [-0.15, -0.1) is 0 Å². The van der Waals surface area contributed by atoms with Gasteiger partial charge in [0.15, 0.2) is 11.6 Å². The van der Waals surface area contributed by atoms with Crippen LogP contribution in [0.1, 0.15) is 38.2 Å². The zero-order valence-corrected chi connectivity index (χ0v) is 14.7. The van der Waals surface area contributed by atoms with Crippen LogP contribution in [-0.4, -0.2) is 53.6 Å². The number of urea groups is 1. The SMILES string of the molecule is CC(C)NC(=O)N1C[C@@H](c2cccc(F)c2F)[C@@H]2[C@H]1C1CCN2CC1. The van der Waals surface area contributed by atoms with Crippen molar-refractivity contribution in [2.45, 2.75) is 50.7 Å². The summed E-state index contributed by atoms with van der Waals surface area (Å²) in [5.74, 6) is -1.30. The number of likely N-dealkylation sites (tertiary alicyclic amines) is 1. The molecule has 0 spiro atoms. The minimum absolute atomic E-state index is 0.0528. The van der Waals surface area contributed by atoms with Crippen molar-refractivity contribution in [1.82, 2.24) is 15.1 Å². The van der Waals surface area contributed by atoms with E-state index in [0.29, 0.717) is 18.0 Å². The summed E-state index contributed by atoms with van der Waals surface area (Å²) in [7, 11) is 0. The number of rotatable bonds is 2. The molecule has 4 aliphatic rings. The number of carbonyl (C=O) groups is 1. The quantitative estimate of drug-likeness (QED) is 0.891.